The minimum Gasteiger partial charge on any atom is -0.349 e. The highest BCUT2D eigenvalue weighted by molar-refractivity contribution is 7.15. The highest BCUT2D eigenvalue weighted by Gasteiger charge is 2.24. The predicted molar refractivity (Wildman–Crippen MR) is 76.9 cm³/mol. The van der Waals surface area contributed by atoms with Gasteiger partial charge in [-0.05, 0) is 34.1 Å². The van der Waals surface area contributed by atoms with Gasteiger partial charge in [0.2, 0.25) is 0 Å². The molecule has 0 saturated heterocycles. The van der Waals surface area contributed by atoms with Gasteiger partial charge in [0.1, 0.15) is 0 Å². The highest BCUT2D eigenvalue weighted by atomic mass is 32.1. The van der Waals surface area contributed by atoms with Gasteiger partial charge in [-0.2, -0.15) is 0 Å². The summed E-state index contributed by atoms with van der Waals surface area (Å²) in [6, 6.07) is 0. The van der Waals surface area contributed by atoms with Crippen molar-refractivity contribution in [2.45, 2.75) is 53.0 Å². The summed E-state index contributed by atoms with van der Waals surface area (Å²) >= 11 is 1.75. The fourth-order valence-corrected chi connectivity index (χ4v) is 3.13. The van der Waals surface area contributed by atoms with Crippen LogP contribution in [0.5, 0.6) is 0 Å². The van der Waals surface area contributed by atoms with Crippen LogP contribution in [0, 0.1) is 0 Å². The number of thiazole rings is 1. The van der Waals surface area contributed by atoms with E-state index in [9.17, 15) is 0 Å². The largest absolute Gasteiger partial charge is 0.349 e. The van der Waals surface area contributed by atoms with Crippen LogP contribution in [0.4, 0.5) is 5.13 Å². The lowest BCUT2D eigenvalue weighted by molar-refractivity contribution is 0.557. The van der Waals surface area contributed by atoms with Crippen molar-refractivity contribution in [3.8, 4) is 0 Å². The van der Waals surface area contributed by atoms with Gasteiger partial charge in [0.15, 0.2) is 5.13 Å². The monoisotopic (exact) mass is 255 g/mol. The molecule has 1 heterocycles. The van der Waals surface area contributed by atoms with Crippen LogP contribution in [0.3, 0.4) is 0 Å². The molecule has 0 amide bonds. The number of hydrogen-bond donors (Lipinski definition) is 1. The lowest BCUT2D eigenvalue weighted by atomic mass is 10.0. The van der Waals surface area contributed by atoms with E-state index in [-0.39, 0.29) is 5.54 Å². The molecule has 0 aliphatic heterocycles. The van der Waals surface area contributed by atoms with Crippen LogP contribution in [0.2, 0.25) is 0 Å². The Kier molecular flexibility index (Phi) is 4.95. The summed E-state index contributed by atoms with van der Waals surface area (Å²) in [4.78, 5) is 8.30. The second-order valence-corrected chi connectivity index (χ2v) is 5.89. The summed E-state index contributed by atoms with van der Waals surface area (Å²) in [5.41, 5.74) is 7.14. The van der Waals surface area contributed by atoms with Crippen molar-refractivity contribution >= 4 is 16.5 Å². The molecule has 0 bridgehead atoms. The van der Waals surface area contributed by atoms with Crippen LogP contribution < -0.4 is 10.6 Å². The predicted octanol–water partition coefficient (Wildman–Crippen LogP) is 3.14. The molecule has 0 atom stereocenters. The molecule has 1 aromatic rings. The van der Waals surface area contributed by atoms with E-state index >= 15 is 0 Å². The van der Waals surface area contributed by atoms with Crippen molar-refractivity contribution in [1.82, 2.24) is 4.98 Å². The Balaban J connectivity index is 3.11. The smallest absolute Gasteiger partial charge is 0.185 e. The van der Waals surface area contributed by atoms with Crippen molar-refractivity contribution in [2.75, 3.05) is 18.0 Å². The van der Waals surface area contributed by atoms with Crippen LogP contribution in [-0.4, -0.2) is 18.1 Å². The zero-order chi connectivity index (χ0) is 13.1. The van der Waals surface area contributed by atoms with E-state index < -0.39 is 0 Å². The molecule has 0 radical (unpaired) electrons. The lowest BCUT2D eigenvalue weighted by Crippen LogP contribution is -2.28. The van der Waals surface area contributed by atoms with E-state index in [1.165, 1.54) is 10.6 Å². The zero-order valence-electron chi connectivity index (χ0n) is 11.7. The molecule has 98 valence electrons. The molecule has 1 aromatic heterocycles. The number of hydrogen-bond acceptors (Lipinski definition) is 4. The summed E-state index contributed by atoms with van der Waals surface area (Å²) in [5, 5.41) is 1.12. The van der Waals surface area contributed by atoms with E-state index in [4.69, 9.17) is 10.7 Å². The first-order valence-electron chi connectivity index (χ1n) is 6.48. The van der Waals surface area contributed by atoms with Gasteiger partial charge < -0.3 is 10.6 Å². The van der Waals surface area contributed by atoms with Gasteiger partial charge in [-0.1, -0.05) is 24.7 Å². The quantitative estimate of drug-likeness (QED) is 0.849. The average molecular weight is 255 g/mol. The van der Waals surface area contributed by atoms with E-state index in [2.05, 4.69) is 39.5 Å². The number of rotatable bonds is 6. The fraction of sp³-hybridized carbons (Fsp3) is 0.769. The Hall–Kier alpha value is -0.610. The molecule has 4 heteroatoms. The molecule has 2 N–H and O–H groups in total. The van der Waals surface area contributed by atoms with Crippen LogP contribution in [0.15, 0.2) is 0 Å². The van der Waals surface area contributed by atoms with Gasteiger partial charge in [-0.25, -0.2) is 4.98 Å². The molecule has 0 aromatic carbocycles. The Bertz CT molecular complexity index is 348. The molecule has 3 nitrogen and oxygen atoms in total. The Morgan fingerprint density at radius 1 is 1.24 bits per heavy atom. The van der Waals surface area contributed by atoms with Gasteiger partial charge in [0.25, 0.3) is 0 Å². The maximum absolute atomic E-state index is 6.24. The van der Waals surface area contributed by atoms with E-state index in [1.54, 1.807) is 11.3 Å². The Morgan fingerprint density at radius 3 is 2.24 bits per heavy atom. The average Bonchev–Trinajstić information content (AvgIpc) is 2.64. The topological polar surface area (TPSA) is 42.2 Å². The highest BCUT2D eigenvalue weighted by Crippen LogP contribution is 2.33. The Labute approximate surface area is 109 Å². The number of nitrogens with zero attached hydrogens (tertiary/aromatic N) is 2. The van der Waals surface area contributed by atoms with Crippen LogP contribution in [-0.2, 0) is 12.0 Å². The number of aromatic nitrogens is 1. The summed E-state index contributed by atoms with van der Waals surface area (Å²) < 4.78 is 0. The normalized spacial score (nSPS) is 11.9. The maximum Gasteiger partial charge on any atom is 0.185 e. The first kappa shape index (κ1) is 14.5. The second-order valence-electron chi connectivity index (χ2n) is 4.92. The van der Waals surface area contributed by atoms with Gasteiger partial charge >= 0.3 is 0 Å². The minimum atomic E-state index is -0.284. The first-order valence-corrected chi connectivity index (χ1v) is 7.29. The molecule has 0 aliphatic carbocycles. The maximum atomic E-state index is 6.24. The van der Waals surface area contributed by atoms with Crippen molar-refractivity contribution in [1.29, 1.82) is 0 Å². The third kappa shape index (κ3) is 3.42. The molecule has 0 unspecified atom stereocenters. The number of anilines is 1. The van der Waals surface area contributed by atoms with Gasteiger partial charge in [0.05, 0.1) is 5.69 Å². The molecule has 0 spiro atoms. The summed E-state index contributed by atoms with van der Waals surface area (Å²) in [5.74, 6) is 0. The summed E-state index contributed by atoms with van der Waals surface area (Å²) in [6.07, 6.45) is 2.14. The van der Waals surface area contributed by atoms with E-state index in [1.807, 2.05) is 0 Å². The molecular formula is C13H25N3S. The second kappa shape index (κ2) is 5.83. The fourth-order valence-electron chi connectivity index (χ4n) is 1.88. The number of aryl methyl sites for hydroxylation is 1. The van der Waals surface area contributed by atoms with Crippen LogP contribution >= 0.6 is 11.3 Å². The molecule has 0 aliphatic rings. The van der Waals surface area contributed by atoms with Crippen molar-refractivity contribution in [3.05, 3.63) is 10.6 Å². The number of nitrogens with two attached hydrogens (primary N) is 1. The minimum absolute atomic E-state index is 0.284. The van der Waals surface area contributed by atoms with Gasteiger partial charge in [-0.3, -0.25) is 0 Å². The van der Waals surface area contributed by atoms with Crippen LogP contribution in [0.1, 0.15) is 51.6 Å². The van der Waals surface area contributed by atoms with Crippen molar-refractivity contribution in [3.63, 3.8) is 0 Å². The SMILES string of the molecule is CCCc1nc(N(CC)CC)sc1C(C)(C)N. The molecule has 0 fully saturated rings. The molecule has 0 saturated carbocycles. The summed E-state index contributed by atoms with van der Waals surface area (Å²) in [7, 11) is 0. The lowest BCUT2D eigenvalue weighted by Gasteiger charge is -2.18. The first-order chi connectivity index (χ1) is 7.93. The van der Waals surface area contributed by atoms with Gasteiger partial charge in [-0.15, -0.1) is 0 Å². The van der Waals surface area contributed by atoms with Crippen molar-refractivity contribution in [2.24, 2.45) is 5.73 Å². The van der Waals surface area contributed by atoms with E-state index in [0.717, 1.165) is 31.1 Å². The standard InChI is InChI=1S/C13H25N3S/c1-6-9-10-11(13(4,5)14)17-12(15-10)16(7-2)8-3/h6-9,14H2,1-5H3. The zero-order valence-corrected chi connectivity index (χ0v) is 12.5. The van der Waals surface area contributed by atoms with E-state index in [0.29, 0.717) is 0 Å². The van der Waals surface area contributed by atoms with Crippen molar-refractivity contribution < 1.29 is 0 Å². The molecule has 1 rings (SSSR count). The van der Waals surface area contributed by atoms with Crippen LogP contribution in [0.25, 0.3) is 0 Å². The molecule has 17 heavy (non-hydrogen) atoms. The third-order valence-electron chi connectivity index (χ3n) is 2.79. The summed E-state index contributed by atoms with van der Waals surface area (Å²) in [6.45, 7) is 12.6. The molecular weight excluding hydrogens is 230 g/mol. The third-order valence-corrected chi connectivity index (χ3v) is 4.29. The van der Waals surface area contributed by atoms with Gasteiger partial charge in [0, 0.05) is 23.5 Å². The Morgan fingerprint density at radius 2 is 1.82 bits per heavy atom.